The number of carbonyl (C=O) groups is 1. The van der Waals surface area contributed by atoms with Gasteiger partial charge in [-0.25, -0.2) is 0 Å². The molecule has 1 aliphatic rings. The molecule has 1 aromatic rings. The molecule has 1 saturated carbocycles. The molecule has 0 aliphatic heterocycles. The minimum absolute atomic E-state index is 0.0647. The molecule has 3 N–H and O–H groups in total. The molecule has 0 spiro atoms. The Balaban J connectivity index is 1.61. The van der Waals surface area contributed by atoms with Crippen LogP contribution in [0.25, 0.3) is 0 Å². The van der Waals surface area contributed by atoms with Gasteiger partial charge in [-0.1, -0.05) is 57.0 Å². The van der Waals surface area contributed by atoms with Gasteiger partial charge in [-0.2, -0.15) is 0 Å². The molecule has 6 heteroatoms. The quantitative estimate of drug-likeness (QED) is 0.552. The Hall–Kier alpha value is -1.27. The molecular formula is C18H27N3OS2. The van der Waals surface area contributed by atoms with Gasteiger partial charge >= 0.3 is 0 Å². The van der Waals surface area contributed by atoms with Crippen molar-refractivity contribution in [2.75, 3.05) is 5.75 Å². The smallest absolute Gasteiger partial charge is 0.248 e. The summed E-state index contributed by atoms with van der Waals surface area (Å²) in [5, 5.41) is 3.84. The van der Waals surface area contributed by atoms with Crippen LogP contribution in [0.3, 0.4) is 0 Å². The molecule has 2 rings (SSSR count). The highest BCUT2D eigenvalue weighted by molar-refractivity contribution is 7.99. The lowest BCUT2D eigenvalue weighted by molar-refractivity contribution is -0.119. The van der Waals surface area contributed by atoms with E-state index in [1.165, 1.54) is 18.4 Å². The molecular weight excluding hydrogens is 338 g/mol. The number of hydrogen-bond donors (Lipinski definition) is 3. The number of thioether (sulfide) groups is 1. The van der Waals surface area contributed by atoms with Gasteiger partial charge in [0, 0.05) is 11.8 Å². The number of benzene rings is 1. The summed E-state index contributed by atoms with van der Waals surface area (Å²) in [5.74, 6) is 2.47. The lowest BCUT2D eigenvalue weighted by Gasteiger charge is -2.35. The molecule has 0 saturated heterocycles. The van der Waals surface area contributed by atoms with Crippen LogP contribution in [0.5, 0.6) is 0 Å². The number of nitrogens with one attached hydrogen (secondary N) is 3. The summed E-state index contributed by atoms with van der Waals surface area (Å²) in [5.41, 5.74) is 6.72. The fourth-order valence-corrected chi connectivity index (χ4v) is 3.98. The van der Waals surface area contributed by atoms with Gasteiger partial charge < -0.3 is 5.32 Å². The van der Waals surface area contributed by atoms with E-state index in [9.17, 15) is 4.79 Å². The van der Waals surface area contributed by atoms with Crippen molar-refractivity contribution in [3.63, 3.8) is 0 Å². The third-order valence-electron chi connectivity index (χ3n) is 4.68. The third kappa shape index (κ3) is 6.32. The first-order chi connectivity index (χ1) is 11.6. The molecule has 1 aliphatic carbocycles. The Morgan fingerprint density at radius 2 is 1.96 bits per heavy atom. The predicted molar refractivity (Wildman–Crippen MR) is 106 cm³/mol. The highest BCUT2D eigenvalue weighted by Gasteiger charge is 2.27. The van der Waals surface area contributed by atoms with E-state index in [-0.39, 0.29) is 5.91 Å². The standard InChI is InChI=1S/C18H27N3OS2/c1-13-7-6-10-16(14(13)2)19-18(23)21-20-17(22)12-24-11-15-8-4-3-5-9-15/h3-5,8-9,13-14,16H,6-7,10-12H2,1-2H3,(H,20,22)(H2,19,21,23)/t13-,14+,16+/m0/s1. The summed E-state index contributed by atoms with van der Waals surface area (Å²) < 4.78 is 0. The van der Waals surface area contributed by atoms with E-state index >= 15 is 0 Å². The van der Waals surface area contributed by atoms with E-state index in [2.05, 4.69) is 42.1 Å². The van der Waals surface area contributed by atoms with Gasteiger partial charge in [-0.3, -0.25) is 15.6 Å². The lowest BCUT2D eigenvalue weighted by Crippen LogP contribution is -2.52. The monoisotopic (exact) mass is 365 g/mol. The second-order valence-electron chi connectivity index (χ2n) is 6.50. The molecule has 4 nitrogen and oxygen atoms in total. The topological polar surface area (TPSA) is 53.2 Å². The number of rotatable bonds is 5. The maximum absolute atomic E-state index is 11.9. The van der Waals surface area contributed by atoms with Crippen molar-refractivity contribution >= 4 is 35.0 Å². The van der Waals surface area contributed by atoms with Crippen LogP contribution >= 0.6 is 24.0 Å². The van der Waals surface area contributed by atoms with E-state index in [1.807, 2.05) is 18.2 Å². The SMILES string of the molecule is C[C@@H]1[C@@H](C)CCC[C@H]1NC(=S)NNC(=O)CSCc1ccccc1. The zero-order chi connectivity index (χ0) is 17.4. The Bertz CT molecular complexity index is 538. The number of hydrogen-bond acceptors (Lipinski definition) is 3. The Kier molecular flexibility index (Phi) is 7.85. The van der Waals surface area contributed by atoms with Crippen LogP contribution in [-0.2, 0) is 10.5 Å². The number of carbonyl (C=O) groups excluding carboxylic acids is 1. The molecule has 24 heavy (non-hydrogen) atoms. The molecule has 0 bridgehead atoms. The van der Waals surface area contributed by atoms with Crippen molar-refractivity contribution in [1.29, 1.82) is 0 Å². The van der Waals surface area contributed by atoms with E-state index in [4.69, 9.17) is 12.2 Å². The highest BCUT2D eigenvalue weighted by Crippen LogP contribution is 2.29. The van der Waals surface area contributed by atoms with Crippen molar-refractivity contribution in [3.05, 3.63) is 35.9 Å². The number of amides is 1. The maximum Gasteiger partial charge on any atom is 0.248 e. The zero-order valence-corrected chi connectivity index (χ0v) is 16.0. The first kappa shape index (κ1) is 19.1. The van der Waals surface area contributed by atoms with E-state index in [0.29, 0.717) is 28.7 Å². The Labute approximate surface area is 154 Å². The molecule has 3 atom stereocenters. The van der Waals surface area contributed by atoms with Gasteiger partial charge in [-0.15, -0.1) is 11.8 Å². The largest absolute Gasteiger partial charge is 0.358 e. The molecule has 0 aromatic heterocycles. The molecule has 132 valence electrons. The zero-order valence-electron chi connectivity index (χ0n) is 14.4. The minimum atomic E-state index is -0.0647. The lowest BCUT2D eigenvalue weighted by atomic mass is 9.78. The molecule has 0 radical (unpaired) electrons. The third-order valence-corrected chi connectivity index (χ3v) is 5.91. The predicted octanol–water partition coefficient (Wildman–Crippen LogP) is 3.24. The van der Waals surface area contributed by atoms with Crippen molar-refractivity contribution in [2.45, 2.75) is 44.9 Å². The van der Waals surface area contributed by atoms with Crippen molar-refractivity contribution < 1.29 is 4.79 Å². The van der Waals surface area contributed by atoms with Crippen LogP contribution < -0.4 is 16.2 Å². The second-order valence-corrected chi connectivity index (χ2v) is 7.89. The molecule has 0 unspecified atom stereocenters. The second kappa shape index (κ2) is 9.89. The van der Waals surface area contributed by atoms with Gasteiger partial charge in [0.1, 0.15) is 0 Å². The average molecular weight is 366 g/mol. The van der Waals surface area contributed by atoms with Crippen molar-refractivity contribution in [2.24, 2.45) is 11.8 Å². The van der Waals surface area contributed by atoms with Gasteiger partial charge in [-0.05, 0) is 36.0 Å². The van der Waals surface area contributed by atoms with Crippen LogP contribution in [0, 0.1) is 11.8 Å². The minimum Gasteiger partial charge on any atom is -0.358 e. The van der Waals surface area contributed by atoms with Crippen LogP contribution in [0.4, 0.5) is 0 Å². The van der Waals surface area contributed by atoms with Gasteiger partial charge in [0.2, 0.25) is 5.91 Å². The summed E-state index contributed by atoms with van der Waals surface area (Å²) in [7, 11) is 0. The average Bonchev–Trinajstić information content (AvgIpc) is 2.58. The van der Waals surface area contributed by atoms with Gasteiger partial charge in [0.25, 0.3) is 0 Å². The van der Waals surface area contributed by atoms with Crippen LogP contribution in [0.15, 0.2) is 30.3 Å². The number of thiocarbonyl (C=S) groups is 1. The fourth-order valence-electron chi connectivity index (χ4n) is 2.99. The Morgan fingerprint density at radius 1 is 1.21 bits per heavy atom. The van der Waals surface area contributed by atoms with Gasteiger partial charge in [0.15, 0.2) is 5.11 Å². The Morgan fingerprint density at radius 3 is 2.71 bits per heavy atom. The molecule has 0 heterocycles. The molecule has 1 aromatic carbocycles. The van der Waals surface area contributed by atoms with Gasteiger partial charge in [0.05, 0.1) is 5.75 Å². The first-order valence-corrected chi connectivity index (χ1v) is 10.1. The summed E-state index contributed by atoms with van der Waals surface area (Å²) in [4.78, 5) is 11.9. The molecule has 1 fully saturated rings. The maximum atomic E-state index is 11.9. The van der Waals surface area contributed by atoms with Crippen molar-refractivity contribution in [3.8, 4) is 0 Å². The summed E-state index contributed by atoms with van der Waals surface area (Å²) in [6.45, 7) is 4.56. The van der Waals surface area contributed by atoms with E-state index in [0.717, 1.165) is 12.2 Å². The normalized spacial score (nSPS) is 23.3. The fraction of sp³-hybridized carbons (Fsp3) is 0.556. The van der Waals surface area contributed by atoms with Crippen LogP contribution in [-0.4, -0.2) is 22.8 Å². The highest BCUT2D eigenvalue weighted by atomic mass is 32.2. The van der Waals surface area contributed by atoms with E-state index < -0.39 is 0 Å². The summed E-state index contributed by atoms with van der Waals surface area (Å²) in [6.07, 6.45) is 3.65. The van der Waals surface area contributed by atoms with Crippen LogP contribution in [0.1, 0.15) is 38.7 Å². The first-order valence-electron chi connectivity index (χ1n) is 8.53. The van der Waals surface area contributed by atoms with E-state index in [1.54, 1.807) is 11.8 Å². The summed E-state index contributed by atoms with van der Waals surface area (Å²) >= 11 is 6.88. The summed E-state index contributed by atoms with van der Waals surface area (Å²) in [6, 6.07) is 10.5. The van der Waals surface area contributed by atoms with Crippen molar-refractivity contribution in [1.82, 2.24) is 16.2 Å². The molecule has 1 amide bonds. The number of hydrazine groups is 1. The van der Waals surface area contributed by atoms with Crippen LogP contribution in [0.2, 0.25) is 0 Å².